The minimum atomic E-state index is 0.300. The third-order valence-electron chi connectivity index (χ3n) is 2.96. The summed E-state index contributed by atoms with van der Waals surface area (Å²) >= 11 is 5.87. The number of phenols is 1. The van der Waals surface area contributed by atoms with Crippen molar-refractivity contribution in [3.63, 3.8) is 0 Å². The fraction of sp³-hybridized carbons (Fsp3) is 0.538. The van der Waals surface area contributed by atoms with Crippen LogP contribution in [0.15, 0.2) is 18.2 Å². The Kier molecular flexibility index (Phi) is 5.10. The molecule has 0 saturated heterocycles. The van der Waals surface area contributed by atoms with Crippen molar-refractivity contribution < 1.29 is 5.11 Å². The molecular formula is C13H20ClNO. The van der Waals surface area contributed by atoms with E-state index >= 15 is 0 Å². The third-order valence-corrected chi connectivity index (χ3v) is 3.20. The molecule has 1 rings (SSSR count). The molecule has 0 spiro atoms. The van der Waals surface area contributed by atoms with Crippen molar-refractivity contribution in [2.24, 2.45) is 11.8 Å². The smallest absolute Gasteiger partial charge is 0.120 e. The highest BCUT2D eigenvalue weighted by molar-refractivity contribution is 6.30. The van der Waals surface area contributed by atoms with Crippen molar-refractivity contribution in [3.05, 3.63) is 28.8 Å². The van der Waals surface area contributed by atoms with E-state index in [4.69, 9.17) is 11.6 Å². The Morgan fingerprint density at radius 1 is 1.31 bits per heavy atom. The molecule has 0 bridgehead atoms. The first-order valence-electron chi connectivity index (χ1n) is 5.68. The number of nitrogens with one attached hydrogen (secondary N) is 1. The standard InChI is InChI=1S/C13H20ClNO/c1-9(2)10(3)7-15-8-11-6-12(14)4-5-13(11)16/h4-6,9-10,15-16H,7-8H2,1-3H3/t10-/m1/s1. The van der Waals surface area contributed by atoms with Gasteiger partial charge in [-0.2, -0.15) is 0 Å². The second kappa shape index (κ2) is 6.12. The van der Waals surface area contributed by atoms with Crippen LogP contribution >= 0.6 is 11.6 Å². The van der Waals surface area contributed by atoms with Gasteiger partial charge < -0.3 is 10.4 Å². The highest BCUT2D eigenvalue weighted by Crippen LogP contribution is 2.21. The molecule has 0 fully saturated rings. The summed E-state index contributed by atoms with van der Waals surface area (Å²) in [6, 6.07) is 5.12. The topological polar surface area (TPSA) is 32.3 Å². The summed E-state index contributed by atoms with van der Waals surface area (Å²) in [5.74, 6) is 1.59. The van der Waals surface area contributed by atoms with Crippen LogP contribution in [0.5, 0.6) is 5.75 Å². The average molecular weight is 242 g/mol. The van der Waals surface area contributed by atoms with Gasteiger partial charge in [0.25, 0.3) is 0 Å². The van der Waals surface area contributed by atoms with Crippen LogP contribution in [0.2, 0.25) is 5.02 Å². The van der Waals surface area contributed by atoms with Gasteiger partial charge in [-0.25, -0.2) is 0 Å². The molecule has 0 heterocycles. The zero-order valence-electron chi connectivity index (χ0n) is 10.1. The molecule has 90 valence electrons. The highest BCUT2D eigenvalue weighted by atomic mass is 35.5. The Balaban J connectivity index is 2.45. The lowest BCUT2D eigenvalue weighted by Crippen LogP contribution is -2.23. The van der Waals surface area contributed by atoms with Gasteiger partial charge in [0.1, 0.15) is 5.75 Å². The molecule has 16 heavy (non-hydrogen) atoms. The molecular weight excluding hydrogens is 222 g/mol. The molecule has 2 nitrogen and oxygen atoms in total. The number of hydrogen-bond donors (Lipinski definition) is 2. The third kappa shape index (κ3) is 4.03. The van der Waals surface area contributed by atoms with Gasteiger partial charge in [0.2, 0.25) is 0 Å². The van der Waals surface area contributed by atoms with Crippen molar-refractivity contribution in [1.29, 1.82) is 0 Å². The SMILES string of the molecule is CC(C)[C@H](C)CNCc1cc(Cl)ccc1O. The van der Waals surface area contributed by atoms with Crippen LogP contribution in [-0.4, -0.2) is 11.7 Å². The van der Waals surface area contributed by atoms with Crippen LogP contribution < -0.4 is 5.32 Å². The number of rotatable bonds is 5. The van der Waals surface area contributed by atoms with Gasteiger partial charge >= 0.3 is 0 Å². The van der Waals surface area contributed by atoms with Crippen LogP contribution in [0.1, 0.15) is 26.3 Å². The summed E-state index contributed by atoms with van der Waals surface area (Å²) in [6.45, 7) is 8.25. The van der Waals surface area contributed by atoms with Gasteiger partial charge in [0.05, 0.1) is 0 Å². The van der Waals surface area contributed by atoms with Crippen molar-refractivity contribution in [2.75, 3.05) is 6.54 Å². The second-order valence-electron chi connectivity index (χ2n) is 4.63. The number of benzene rings is 1. The first-order valence-corrected chi connectivity index (χ1v) is 6.06. The van der Waals surface area contributed by atoms with Crippen LogP contribution in [0.4, 0.5) is 0 Å². The summed E-state index contributed by atoms with van der Waals surface area (Å²) in [5.41, 5.74) is 0.850. The molecule has 1 aromatic rings. The monoisotopic (exact) mass is 241 g/mol. The normalized spacial score (nSPS) is 13.1. The molecule has 1 aromatic carbocycles. The van der Waals surface area contributed by atoms with E-state index in [-0.39, 0.29) is 0 Å². The first-order chi connectivity index (χ1) is 7.50. The van der Waals surface area contributed by atoms with Crippen molar-refractivity contribution in [1.82, 2.24) is 5.32 Å². The Morgan fingerprint density at radius 3 is 2.62 bits per heavy atom. The van der Waals surface area contributed by atoms with E-state index in [0.29, 0.717) is 29.2 Å². The number of halogens is 1. The summed E-state index contributed by atoms with van der Waals surface area (Å²) in [4.78, 5) is 0. The largest absolute Gasteiger partial charge is 0.508 e. The average Bonchev–Trinajstić information content (AvgIpc) is 2.22. The molecule has 0 aromatic heterocycles. The Bertz CT molecular complexity index is 339. The first kappa shape index (κ1) is 13.3. The van der Waals surface area contributed by atoms with Crippen LogP contribution in [0.3, 0.4) is 0 Å². The molecule has 0 amide bonds. The number of phenolic OH excluding ortho intramolecular Hbond substituents is 1. The van der Waals surface area contributed by atoms with E-state index < -0.39 is 0 Å². The summed E-state index contributed by atoms with van der Waals surface area (Å²) in [6.07, 6.45) is 0. The Hall–Kier alpha value is -0.730. The van der Waals surface area contributed by atoms with E-state index in [1.807, 2.05) is 0 Å². The minimum Gasteiger partial charge on any atom is -0.508 e. The van der Waals surface area contributed by atoms with Crippen molar-refractivity contribution >= 4 is 11.6 Å². The molecule has 0 radical (unpaired) electrons. The maximum absolute atomic E-state index is 9.61. The molecule has 0 aliphatic heterocycles. The lowest BCUT2D eigenvalue weighted by atomic mass is 9.98. The van der Waals surface area contributed by atoms with E-state index in [1.165, 1.54) is 0 Å². The fourth-order valence-electron chi connectivity index (χ4n) is 1.37. The van der Waals surface area contributed by atoms with Gasteiger partial charge in [-0.15, -0.1) is 0 Å². The zero-order chi connectivity index (χ0) is 12.1. The van der Waals surface area contributed by atoms with Crippen molar-refractivity contribution in [3.8, 4) is 5.75 Å². The number of aromatic hydroxyl groups is 1. The lowest BCUT2D eigenvalue weighted by molar-refractivity contribution is 0.389. The molecule has 0 aliphatic carbocycles. The summed E-state index contributed by atoms with van der Waals surface area (Å²) in [5, 5.41) is 13.6. The van der Waals surface area contributed by atoms with Crippen molar-refractivity contribution in [2.45, 2.75) is 27.3 Å². The van der Waals surface area contributed by atoms with Gasteiger partial charge in [-0.05, 0) is 36.6 Å². The molecule has 0 saturated carbocycles. The predicted molar refractivity (Wildman–Crippen MR) is 68.8 cm³/mol. The Labute approximate surface area is 103 Å². The minimum absolute atomic E-state index is 0.300. The maximum atomic E-state index is 9.61. The number of hydrogen-bond acceptors (Lipinski definition) is 2. The van der Waals surface area contributed by atoms with E-state index in [9.17, 15) is 5.11 Å². The van der Waals surface area contributed by atoms with Crippen LogP contribution in [0.25, 0.3) is 0 Å². The van der Waals surface area contributed by atoms with Gasteiger partial charge in [0, 0.05) is 17.1 Å². The second-order valence-corrected chi connectivity index (χ2v) is 5.06. The maximum Gasteiger partial charge on any atom is 0.120 e. The molecule has 2 N–H and O–H groups in total. The van der Waals surface area contributed by atoms with Crippen LogP contribution in [-0.2, 0) is 6.54 Å². The molecule has 3 heteroatoms. The molecule has 0 unspecified atom stereocenters. The quantitative estimate of drug-likeness (QED) is 0.828. The Morgan fingerprint density at radius 2 is 2.00 bits per heavy atom. The summed E-state index contributed by atoms with van der Waals surface area (Å²) in [7, 11) is 0. The van der Waals surface area contributed by atoms with E-state index in [1.54, 1.807) is 18.2 Å². The highest BCUT2D eigenvalue weighted by Gasteiger charge is 2.07. The van der Waals surface area contributed by atoms with Gasteiger partial charge in [0.15, 0.2) is 0 Å². The lowest BCUT2D eigenvalue weighted by Gasteiger charge is -2.16. The zero-order valence-corrected chi connectivity index (χ0v) is 10.9. The summed E-state index contributed by atoms with van der Waals surface area (Å²) < 4.78 is 0. The predicted octanol–water partition coefficient (Wildman–Crippen LogP) is 3.43. The molecule has 1 atom stereocenters. The van der Waals surface area contributed by atoms with Gasteiger partial charge in [-0.3, -0.25) is 0 Å². The molecule has 0 aliphatic rings. The van der Waals surface area contributed by atoms with E-state index in [0.717, 1.165) is 12.1 Å². The fourth-order valence-corrected chi connectivity index (χ4v) is 1.56. The van der Waals surface area contributed by atoms with Gasteiger partial charge in [-0.1, -0.05) is 32.4 Å². The van der Waals surface area contributed by atoms with Crippen LogP contribution in [0, 0.1) is 11.8 Å². The van der Waals surface area contributed by atoms with E-state index in [2.05, 4.69) is 26.1 Å².